The Kier molecular flexibility index (Phi) is 5.38. The molecule has 3 N–H and O–H groups in total. The molecule has 30 heavy (non-hydrogen) atoms. The maximum atomic E-state index is 6.09. The molecule has 8 heteroatoms. The average molecular weight is 399 g/mol. The molecule has 2 aromatic heterocycles. The zero-order chi connectivity index (χ0) is 20.9. The number of aliphatic imine (C=N–C) groups is 1. The van der Waals surface area contributed by atoms with Crippen molar-refractivity contribution in [1.29, 1.82) is 0 Å². The van der Waals surface area contributed by atoms with Crippen LogP contribution in [0.4, 0.5) is 11.5 Å². The smallest absolute Gasteiger partial charge is 0.199 e. The lowest BCUT2D eigenvalue weighted by molar-refractivity contribution is 0.413. The molecule has 8 nitrogen and oxygen atoms in total. The molecule has 0 aliphatic rings. The second-order valence-electron chi connectivity index (χ2n) is 6.56. The second kappa shape index (κ2) is 8.44. The van der Waals surface area contributed by atoms with E-state index in [1.54, 1.807) is 25.8 Å². The summed E-state index contributed by atoms with van der Waals surface area (Å²) in [5.74, 6) is 1.29. The van der Waals surface area contributed by atoms with Gasteiger partial charge in [0.25, 0.3) is 0 Å². The predicted octanol–water partition coefficient (Wildman–Crippen LogP) is 3.70. The van der Waals surface area contributed by atoms with Gasteiger partial charge in [0, 0.05) is 23.5 Å². The summed E-state index contributed by atoms with van der Waals surface area (Å²) < 4.78 is 7.43. The average Bonchev–Trinajstić information content (AvgIpc) is 3.20. The third-order valence-corrected chi connectivity index (χ3v) is 4.37. The van der Waals surface area contributed by atoms with E-state index >= 15 is 0 Å². The van der Waals surface area contributed by atoms with E-state index in [4.69, 9.17) is 10.5 Å². The van der Waals surface area contributed by atoms with Crippen LogP contribution < -0.4 is 15.8 Å². The number of aromatic nitrogens is 4. The van der Waals surface area contributed by atoms with Crippen molar-refractivity contribution in [1.82, 2.24) is 19.5 Å². The number of ether oxygens (including phenoxy) is 1. The number of benzene rings is 2. The van der Waals surface area contributed by atoms with Gasteiger partial charge in [0.15, 0.2) is 11.8 Å². The molecule has 4 rings (SSSR count). The van der Waals surface area contributed by atoms with Gasteiger partial charge in [-0.05, 0) is 19.1 Å². The molecule has 4 aromatic rings. The fourth-order valence-electron chi connectivity index (χ4n) is 2.98. The number of anilines is 1. The number of guanidine groups is 1. The zero-order valence-corrected chi connectivity index (χ0v) is 16.6. The van der Waals surface area contributed by atoms with Crippen LogP contribution in [-0.2, 0) is 0 Å². The molecule has 2 heterocycles. The van der Waals surface area contributed by atoms with E-state index in [2.05, 4.69) is 25.3 Å². The molecular weight excluding hydrogens is 378 g/mol. The van der Waals surface area contributed by atoms with Crippen molar-refractivity contribution in [2.45, 2.75) is 6.92 Å². The summed E-state index contributed by atoms with van der Waals surface area (Å²) in [4.78, 5) is 17.3. The first kappa shape index (κ1) is 19.1. The van der Waals surface area contributed by atoms with Crippen molar-refractivity contribution in [3.63, 3.8) is 0 Å². The van der Waals surface area contributed by atoms with E-state index in [-0.39, 0.29) is 5.96 Å². The van der Waals surface area contributed by atoms with Crippen LogP contribution in [0.2, 0.25) is 0 Å². The van der Waals surface area contributed by atoms with Crippen molar-refractivity contribution < 1.29 is 4.74 Å². The Labute approximate surface area is 174 Å². The minimum atomic E-state index is 0.197. The van der Waals surface area contributed by atoms with E-state index in [9.17, 15) is 0 Å². The third kappa shape index (κ3) is 4.27. The molecule has 0 atom stereocenters. The predicted molar refractivity (Wildman–Crippen MR) is 117 cm³/mol. The van der Waals surface area contributed by atoms with Gasteiger partial charge in [0.2, 0.25) is 0 Å². The molecule has 0 amide bonds. The third-order valence-electron chi connectivity index (χ3n) is 4.37. The summed E-state index contributed by atoms with van der Waals surface area (Å²) in [5, 5.41) is 3.06. The van der Waals surface area contributed by atoms with Crippen molar-refractivity contribution in [2.75, 3.05) is 12.4 Å². The van der Waals surface area contributed by atoms with Crippen LogP contribution in [0.5, 0.6) is 5.75 Å². The summed E-state index contributed by atoms with van der Waals surface area (Å²) in [7, 11) is 1.62. The van der Waals surface area contributed by atoms with Crippen LogP contribution in [-0.4, -0.2) is 32.6 Å². The molecule has 0 saturated heterocycles. The lowest BCUT2D eigenvalue weighted by Gasteiger charge is -2.12. The monoisotopic (exact) mass is 399 g/mol. The molecular formula is C22H21N7O. The number of methoxy groups -OCH3 is 1. The van der Waals surface area contributed by atoms with Gasteiger partial charge in [-0.3, -0.25) is 4.98 Å². The molecule has 2 aromatic carbocycles. The number of hydrogen-bond donors (Lipinski definition) is 2. The first-order valence-electron chi connectivity index (χ1n) is 9.30. The van der Waals surface area contributed by atoms with Crippen molar-refractivity contribution in [2.24, 2.45) is 10.7 Å². The van der Waals surface area contributed by atoms with Gasteiger partial charge in [0.05, 0.1) is 42.9 Å². The molecule has 0 unspecified atom stereocenters. The Hall–Kier alpha value is -4.20. The maximum absolute atomic E-state index is 6.09. The van der Waals surface area contributed by atoms with Crippen LogP contribution in [0.1, 0.15) is 5.69 Å². The van der Waals surface area contributed by atoms with Crippen LogP contribution in [0.3, 0.4) is 0 Å². The first-order chi connectivity index (χ1) is 14.6. The number of nitrogens with one attached hydrogen (secondary N) is 1. The van der Waals surface area contributed by atoms with Gasteiger partial charge in [-0.15, -0.1) is 0 Å². The Morgan fingerprint density at radius 1 is 1.13 bits per heavy atom. The van der Waals surface area contributed by atoms with Gasteiger partial charge in [0.1, 0.15) is 5.75 Å². The lowest BCUT2D eigenvalue weighted by atomic mass is 10.2. The van der Waals surface area contributed by atoms with Gasteiger partial charge in [-0.2, -0.15) is 4.99 Å². The summed E-state index contributed by atoms with van der Waals surface area (Å²) in [6.07, 6.45) is 6.93. The lowest BCUT2D eigenvalue weighted by Crippen LogP contribution is -2.22. The summed E-state index contributed by atoms with van der Waals surface area (Å²) in [6.45, 7) is 1.94. The number of hydrogen-bond acceptors (Lipinski definition) is 5. The van der Waals surface area contributed by atoms with Crippen LogP contribution >= 0.6 is 0 Å². The highest BCUT2D eigenvalue weighted by molar-refractivity contribution is 5.94. The van der Waals surface area contributed by atoms with Crippen LogP contribution in [0, 0.1) is 6.92 Å². The second-order valence-corrected chi connectivity index (χ2v) is 6.56. The van der Waals surface area contributed by atoms with Gasteiger partial charge < -0.3 is 20.4 Å². The fourth-order valence-corrected chi connectivity index (χ4v) is 2.98. The number of imidazole rings is 1. The van der Waals surface area contributed by atoms with Gasteiger partial charge >= 0.3 is 0 Å². The number of nitrogens with two attached hydrogens (primary N) is 1. The van der Waals surface area contributed by atoms with Gasteiger partial charge in [-0.25, -0.2) is 9.97 Å². The quantitative estimate of drug-likeness (QED) is 0.392. The minimum Gasteiger partial charge on any atom is -0.494 e. The molecule has 150 valence electrons. The Balaban J connectivity index is 1.55. The molecule has 0 saturated carbocycles. The van der Waals surface area contributed by atoms with Crippen LogP contribution in [0.25, 0.3) is 16.9 Å². The van der Waals surface area contributed by atoms with E-state index in [1.165, 1.54) is 0 Å². The molecule has 0 fully saturated rings. The Bertz CT molecular complexity index is 1190. The van der Waals surface area contributed by atoms with Gasteiger partial charge in [-0.1, -0.05) is 30.3 Å². The maximum Gasteiger partial charge on any atom is 0.199 e. The topological polar surface area (TPSA) is 103 Å². The highest BCUT2D eigenvalue weighted by atomic mass is 16.5. The number of nitrogens with zero attached hydrogens (tertiary/aromatic N) is 5. The molecule has 0 aliphatic carbocycles. The number of rotatable bonds is 5. The first-order valence-corrected chi connectivity index (χ1v) is 9.30. The molecule has 0 aliphatic heterocycles. The highest BCUT2D eigenvalue weighted by Crippen LogP contribution is 2.27. The van der Waals surface area contributed by atoms with E-state index < -0.39 is 0 Å². The SMILES string of the molecule is COc1cc(NC(N)=Nc2cncc(-c3ccccc3)n2)ccc1-n1cnc(C)c1. The summed E-state index contributed by atoms with van der Waals surface area (Å²) >= 11 is 0. The summed E-state index contributed by atoms with van der Waals surface area (Å²) in [5.41, 5.74) is 10.3. The number of aryl methyl sites for hydroxylation is 1. The zero-order valence-electron chi connectivity index (χ0n) is 16.6. The standard InChI is InChI=1S/C22H21N7O/c1-15-13-29(14-25-15)19-9-8-17(10-20(19)30-2)26-22(23)28-21-12-24-11-18(27-21)16-6-4-3-5-7-16/h3-14H,1-2H3,(H3,23,26,27,28). The normalized spacial score (nSPS) is 11.3. The van der Waals surface area contributed by atoms with E-state index in [1.807, 2.05) is 66.2 Å². The van der Waals surface area contributed by atoms with Crippen molar-refractivity contribution in [3.8, 4) is 22.7 Å². The van der Waals surface area contributed by atoms with Crippen molar-refractivity contribution in [3.05, 3.63) is 79.1 Å². The van der Waals surface area contributed by atoms with E-state index in [0.29, 0.717) is 11.6 Å². The Morgan fingerprint density at radius 2 is 1.97 bits per heavy atom. The molecule has 0 spiro atoms. The van der Waals surface area contributed by atoms with Crippen molar-refractivity contribution >= 4 is 17.5 Å². The highest BCUT2D eigenvalue weighted by Gasteiger charge is 2.08. The Morgan fingerprint density at radius 3 is 2.70 bits per heavy atom. The molecule has 0 radical (unpaired) electrons. The minimum absolute atomic E-state index is 0.197. The molecule has 0 bridgehead atoms. The van der Waals surface area contributed by atoms with E-state index in [0.717, 1.165) is 28.3 Å². The fraction of sp³-hybridized carbons (Fsp3) is 0.0909. The summed E-state index contributed by atoms with van der Waals surface area (Å²) in [6, 6.07) is 15.4. The largest absolute Gasteiger partial charge is 0.494 e. The van der Waals surface area contributed by atoms with Crippen LogP contribution in [0.15, 0.2) is 78.4 Å².